The Kier molecular flexibility index (Phi) is 4.82. The zero-order valence-corrected chi connectivity index (χ0v) is 17.7. The van der Waals surface area contributed by atoms with Crippen LogP contribution in [0.2, 0.25) is 0 Å². The van der Waals surface area contributed by atoms with Crippen LogP contribution in [0.1, 0.15) is 39.4 Å². The number of halogens is 1. The van der Waals surface area contributed by atoms with Crippen LogP contribution in [0.4, 0.5) is 10.1 Å². The van der Waals surface area contributed by atoms with Gasteiger partial charge in [0.2, 0.25) is 16.8 Å². The molecule has 1 N–H and O–H groups in total. The van der Waals surface area contributed by atoms with Gasteiger partial charge in [0.1, 0.15) is 5.82 Å². The summed E-state index contributed by atoms with van der Waals surface area (Å²) in [5.41, 5.74) is 2.95. The number of carbonyl (C=O) groups is 2. The van der Waals surface area contributed by atoms with Crippen molar-refractivity contribution in [3.8, 4) is 0 Å². The first kappa shape index (κ1) is 20.4. The average molecular weight is 450 g/mol. The summed E-state index contributed by atoms with van der Waals surface area (Å²) in [5.74, 6) is -1.07. The van der Waals surface area contributed by atoms with Gasteiger partial charge in [-0.05, 0) is 53.4 Å². The van der Waals surface area contributed by atoms with Crippen LogP contribution in [-0.2, 0) is 27.6 Å². The number of carbonyl (C=O) groups excluding carboxylic acids is 2. The Hall–Kier alpha value is -3.52. The third kappa shape index (κ3) is 3.27. The minimum atomic E-state index is -3.05. The molecule has 6 nitrogen and oxygen atoms in total. The summed E-state index contributed by atoms with van der Waals surface area (Å²) >= 11 is 0. The lowest BCUT2D eigenvalue weighted by Crippen LogP contribution is -2.32. The zero-order chi connectivity index (χ0) is 22.5. The molecule has 1 aliphatic carbocycles. The maximum absolute atomic E-state index is 13.7. The van der Waals surface area contributed by atoms with E-state index in [1.807, 2.05) is 29.0 Å². The van der Waals surface area contributed by atoms with E-state index in [4.69, 9.17) is 0 Å². The summed E-state index contributed by atoms with van der Waals surface area (Å²) in [6, 6.07) is 20.5. The minimum absolute atomic E-state index is 0.0211. The summed E-state index contributed by atoms with van der Waals surface area (Å²) in [4.78, 5) is 27.4. The van der Waals surface area contributed by atoms with Crippen molar-refractivity contribution in [3.63, 3.8) is 0 Å². The SMILES string of the molecule is O=C(N[SH](=O)=O)c1cccc(CN2C(=O)[C@@]3(C[C@H]3c3ccc(F)cc3)c3ccccc32)c1. The van der Waals surface area contributed by atoms with Crippen molar-refractivity contribution < 1.29 is 22.4 Å². The third-order valence-corrected chi connectivity index (χ3v) is 6.64. The number of para-hydroxylation sites is 1. The van der Waals surface area contributed by atoms with Crippen LogP contribution in [0.15, 0.2) is 72.8 Å². The normalized spacial score (nSPS) is 21.1. The number of nitrogens with one attached hydrogen (secondary N) is 1. The van der Waals surface area contributed by atoms with Crippen LogP contribution in [0, 0.1) is 5.82 Å². The lowest BCUT2D eigenvalue weighted by molar-refractivity contribution is -0.120. The van der Waals surface area contributed by atoms with Gasteiger partial charge in [-0.2, -0.15) is 0 Å². The lowest BCUT2D eigenvalue weighted by Gasteiger charge is -2.19. The highest BCUT2D eigenvalue weighted by Crippen LogP contribution is 2.66. The van der Waals surface area contributed by atoms with Gasteiger partial charge in [0.05, 0.1) is 12.0 Å². The Labute approximate surface area is 185 Å². The Morgan fingerprint density at radius 3 is 2.56 bits per heavy atom. The molecule has 0 unspecified atom stereocenters. The van der Waals surface area contributed by atoms with Crippen LogP contribution in [0.5, 0.6) is 0 Å². The van der Waals surface area contributed by atoms with Crippen molar-refractivity contribution in [3.05, 3.63) is 101 Å². The molecule has 5 rings (SSSR count). The van der Waals surface area contributed by atoms with Crippen LogP contribution in [0.3, 0.4) is 0 Å². The maximum atomic E-state index is 13.7. The second-order valence-corrected chi connectivity index (χ2v) is 8.82. The molecule has 3 aromatic carbocycles. The number of anilines is 1. The molecule has 1 spiro atoms. The topological polar surface area (TPSA) is 83.6 Å². The predicted octanol–water partition coefficient (Wildman–Crippen LogP) is 3.05. The van der Waals surface area contributed by atoms with E-state index < -0.39 is 22.2 Å². The Morgan fingerprint density at radius 1 is 1.06 bits per heavy atom. The zero-order valence-electron chi connectivity index (χ0n) is 16.8. The lowest BCUT2D eigenvalue weighted by atomic mass is 9.92. The summed E-state index contributed by atoms with van der Waals surface area (Å²) < 4.78 is 36.9. The van der Waals surface area contributed by atoms with Crippen LogP contribution < -0.4 is 9.62 Å². The predicted molar refractivity (Wildman–Crippen MR) is 117 cm³/mol. The molecule has 32 heavy (non-hydrogen) atoms. The van der Waals surface area contributed by atoms with E-state index in [1.54, 1.807) is 35.2 Å². The molecule has 8 heteroatoms. The standard InChI is InChI=1S/C24H19FN2O4S/c25-18-10-8-16(9-11-18)20-13-24(20)19-6-1-2-7-21(19)27(23(24)29)14-15-4-3-5-17(12-15)22(28)26-32(30)31/h1-12,20,32H,13-14H2,(H,26,28,30,31)/t20-,24-/m0/s1. The fourth-order valence-corrected chi connectivity index (χ4v) is 5.04. The molecule has 2 aliphatic rings. The fourth-order valence-electron chi connectivity index (χ4n) is 4.74. The summed E-state index contributed by atoms with van der Waals surface area (Å²) in [6.07, 6.45) is 0.657. The highest BCUT2D eigenvalue weighted by molar-refractivity contribution is 7.71. The third-order valence-electron chi connectivity index (χ3n) is 6.26. The molecule has 1 heterocycles. The van der Waals surface area contributed by atoms with Gasteiger partial charge in [0, 0.05) is 17.2 Å². The molecule has 0 aromatic heterocycles. The highest BCUT2D eigenvalue weighted by Gasteiger charge is 2.67. The van der Waals surface area contributed by atoms with Gasteiger partial charge in [-0.25, -0.2) is 12.8 Å². The van der Waals surface area contributed by atoms with Gasteiger partial charge < -0.3 is 4.90 Å². The number of nitrogens with zero attached hydrogens (tertiary/aromatic N) is 1. The molecule has 0 bridgehead atoms. The first-order valence-corrected chi connectivity index (χ1v) is 11.3. The monoisotopic (exact) mass is 450 g/mol. The minimum Gasteiger partial charge on any atom is -0.307 e. The first-order valence-electron chi connectivity index (χ1n) is 10.1. The molecular weight excluding hydrogens is 431 g/mol. The maximum Gasteiger partial charge on any atom is 0.264 e. The van der Waals surface area contributed by atoms with Crippen molar-refractivity contribution in [2.75, 3.05) is 4.90 Å². The highest BCUT2D eigenvalue weighted by atomic mass is 32.2. The Morgan fingerprint density at radius 2 is 1.81 bits per heavy atom. The summed E-state index contributed by atoms with van der Waals surface area (Å²) in [5, 5.41) is 0. The number of thiol groups is 1. The smallest absolute Gasteiger partial charge is 0.264 e. The van der Waals surface area contributed by atoms with E-state index in [2.05, 4.69) is 0 Å². The van der Waals surface area contributed by atoms with E-state index in [0.717, 1.165) is 16.8 Å². The molecule has 1 saturated carbocycles. The number of hydrogen-bond acceptors (Lipinski definition) is 4. The Balaban J connectivity index is 1.46. The molecule has 1 aliphatic heterocycles. The number of fused-ring (bicyclic) bond motifs is 2. The fraction of sp³-hybridized carbons (Fsp3) is 0.167. The molecule has 2 atom stereocenters. The quantitative estimate of drug-likeness (QED) is 0.586. The van der Waals surface area contributed by atoms with Crippen molar-refractivity contribution in [1.82, 2.24) is 4.72 Å². The number of amides is 2. The largest absolute Gasteiger partial charge is 0.307 e. The van der Waals surface area contributed by atoms with Gasteiger partial charge in [0.25, 0.3) is 5.91 Å². The van der Waals surface area contributed by atoms with Gasteiger partial charge in [-0.1, -0.05) is 42.5 Å². The molecule has 162 valence electrons. The van der Waals surface area contributed by atoms with Crippen molar-refractivity contribution in [2.45, 2.75) is 24.3 Å². The molecular formula is C24H19FN2O4S. The first-order chi connectivity index (χ1) is 15.4. The van der Waals surface area contributed by atoms with E-state index >= 15 is 0 Å². The number of benzene rings is 3. The molecule has 3 aromatic rings. The van der Waals surface area contributed by atoms with E-state index in [0.29, 0.717) is 12.0 Å². The van der Waals surface area contributed by atoms with Gasteiger partial charge >= 0.3 is 0 Å². The molecule has 1 fully saturated rings. The molecule has 0 saturated heterocycles. The second-order valence-electron chi connectivity index (χ2n) is 8.09. The van der Waals surface area contributed by atoms with Crippen molar-refractivity contribution in [1.29, 1.82) is 0 Å². The van der Waals surface area contributed by atoms with E-state index in [1.165, 1.54) is 18.2 Å². The van der Waals surface area contributed by atoms with Crippen molar-refractivity contribution in [2.24, 2.45) is 0 Å². The van der Waals surface area contributed by atoms with Gasteiger partial charge in [-0.15, -0.1) is 0 Å². The van der Waals surface area contributed by atoms with Gasteiger partial charge in [-0.3, -0.25) is 14.3 Å². The van der Waals surface area contributed by atoms with Crippen LogP contribution in [-0.4, -0.2) is 20.2 Å². The summed E-state index contributed by atoms with van der Waals surface area (Å²) in [7, 11) is -3.05. The van der Waals surface area contributed by atoms with Crippen LogP contribution in [0.25, 0.3) is 0 Å². The average Bonchev–Trinajstić information content (AvgIpc) is 3.49. The van der Waals surface area contributed by atoms with E-state index in [9.17, 15) is 22.4 Å². The molecule has 0 radical (unpaired) electrons. The number of hydrogen-bond donors (Lipinski definition) is 2. The van der Waals surface area contributed by atoms with Gasteiger partial charge in [0.15, 0.2) is 0 Å². The van der Waals surface area contributed by atoms with Crippen molar-refractivity contribution >= 4 is 28.4 Å². The number of rotatable bonds is 5. The second kappa shape index (κ2) is 7.56. The molecule has 2 amide bonds. The van der Waals surface area contributed by atoms with Crippen LogP contribution >= 0.6 is 0 Å². The Bertz CT molecular complexity index is 1310. The summed E-state index contributed by atoms with van der Waals surface area (Å²) in [6.45, 7) is 0.248. The van der Waals surface area contributed by atoms with E-state index in [-0.39, 0.29) is 29.8 Å².